The van der Waals surface area contributed by atoms with Gasteiger partial charge in [0.15, 0.2) is 0 Å². The summed E-state index contributed by atoms with van der Waals surface area (Å²) in [5.74, 6) is 0. The monoisotopic (exact) mass is 242 g/mol. The summed E-state index contributed by atoms with van der Waals surface area (Å²) in [6, 6.07) is 1.78. The molecule has 0 amide bonds. The Hall–Kier alpha value is -0.120. The van der Waals surface area contributed by atoms with Crippen molar-refractivity contribution in [3.05, 3.63) is 0 Å². The number of nitrogens with one attached hydrogen (secondary N) is 1. The van der Waals surface area contributed by atoms with Crippen LogP contribution in [0.4, 0.5) is 0 Å². The molecular formula is C14H30N2O. The van der Waals surface area contributed by atoms with Gasteiger partial charge in [-0.2, -0.15) is 0 Å². The Kier molecular flexibility index (Phi) is 7.09. The van der Waals surface area contributed by atoms with E-state index in [2.05, 4.69) is 31.0 Å². The molecule has 102 valence electrons. The topological polar surface area (TPSA) is 24.5 Å². The minimum atomic E-state index is 0.524. The predicted octanol–water partition coefficient (Wildman–Crippen LogP) is 2.26. The summed E-state index contributed by atoms with van der Waals surface area (Å²) >= 11 is 0. The van der Waals surface area contributed by atoms with E-state index in [9.17, 15) is 0 Å². The third-order valence-corrected chi connectivity index (χ3v) is 3.69. The first-order chi connectivity index (χ1) is 8.15. The fourth-order valence-corrected chi connectivity index (χ4v) is 2.68. The average molecular weight is 242 g/mol. The maximum Gasteiger partial charge on any atom is 0.0630 e. The third-order valence-electron chi connectivity index (χ3n) is 3.69. The highest BCUT2D eigenvalue weighted by Gasteiger charge is 2.24. The molecule has 1 aliphatic rings. The number of rotatable bonds is 6. The van der Waals surface area contributed by atoms with Crippen molar-refractivity contribution in [2.75, 3.05) is 26.8 Å². The van der Waals surface area contributed by atoms with Crippen molar-refractivity contribution in [3.8, 4) is 0 Å². The summed E-state index contributed by atoms with van der Waals surface area (Å²) in [6.45, 7) is 9.88. The molecule has 0 radical (unpaired) electrons. The Morgan fingerprint density at radius 1 is 1.29 bits per heavy atom. The molecule has 0 saturated carbocycles. The summed E-state index contributed by atoms with van der Waals surface area (Å²) in [5.41, 5.74) is 0. The molecule has 1 aliphatic heterocycles. The third kappa shape index (κ3) is 5.36. The van der Waals surface area contributed by atoms with Gasteiger partial charge in [-0.15, -0.1) is 0 Å². The van der Waals surface area contributed by atoms with Crippen LogP contribution in [0.1, 0.15) is 46.5 Å². The molecule has 1 saturated heterocycles. The van der Waals surface area contributed by atoms with E-state index in [0.29, 0.717) is 18.1 Å². The lowest BCUT2D eigenvalue weighted by Gasteiger charge is -2.35. The van der Waals surface area contributed by atoms with Crippen LogP contribution in [-0.4, -0.2) is 49.8 Å². The summed E-state index contributed by atoms with van der Waals surface area (Å²) in [7, 11) is 1.81. The zero-order valence-electron chi connectivity index (χ0n) is 12.0. The van der Waals surface area contributed by atoms with Gasteiger partial charge in [0, 0.05) is 31.8 Å². The highest BCUT2D eigenvalue weighted by Crippen LogP contribution is 2.18. The van der Waals surface area contributed by atoms with Gasteiger partial charge in [-0.25, -0.2) is 0 Å². The van der Waals surface area contributed by atoms with Crippen LogP contribution >= 0.6 is 0 Å². The Labute approximate surface area is 107 Å². The standard InChI is InChI=1S/C14H30N2O/c1-12(2)15-10-14(11-17-4)16-9-7-5-6-8-13(16)3/h12-15H,5-11H2,1-4H3. The fourth-order valence-electron chi connectivity index (χ4n) is 2.68. The van der Waals surface area contributed by atoms with E-state index in [1.807, 2.05) is 7.11 Å². The van der Waals surface area contributed by atoms with Crippen LogP contribution in [0.25, 0.3) is 0 Å². The van der Waals surface area contributed by atoms with Gasteiger partial charge in [0.05, 0.1) is 6.61 Å². The zero-order valence-corrected chi connectivity index (χ0v) is 12.0. The molecule has 1 N–H and O–H groups in total. The molecule has 0 aromatic carbocycles. The number of hydrogen-bond donors (Lipinski definition) is 1. The van der Waals surface area contributed by atoms with Crippen molar-refractivity contribution in [2.24, 2.45) is 0 Å². The molecule has 0 aromatic heterocycles. The first-order valence-electron chi connectivity index (χ1n) is 7.13. The van der Waals surface area contributed by atoms with Crippen LogP contribution in [0.2, 0.25) is 0 Å². The van der Waals surface area contributed by atoms with Crippen LogP contribution in [0, 0.1) is 0 Å². The van der Waals surface area contributed by atoms with Crippen LogP contribution in [-0.2, 0) is 4.74 Å². The van der Waals surface area contributed by atoms with Crippen LogP contribution in [0.5, 0.6) is 0 Å². The number of methoxy groups -OCH3 is 1. The molecule has 17 heavy (non-hydrogen) atoms. The molecule has 3 nitrogen and oxygen atoms in total. The molecule has 0 aromatic rings. The molecule has 1 heterocycles. The van der Waals surface area contributed by atoms with Gasteiger partial charge in [0.25, 0.3) is 0 Å². The second kappa shape index (κ2) is 8.06. The lowest BCUT2D eigenvalue weighted by Crippen LogP contribution is -2.50. The van der Waals surface area contributed by atoms with E-state index < -0.39 is 0 Å². The SMILES string of the molecule is COCC(CNC(C)C)N1CCCCCC1C. The van der Waals surface area contributed by atoms with E-state index in [1.165, 1.54) is 32.2 Å². The summed E-state index contributed by atoms with van der Waals surface area (Å²) in [4.78, 5) is 2.64. The molecule has 3 heteroatoms. The van der Waals surface area contributed by atoms with Crippen molar-refractivity contribution in [1.82, 2.24) is 10.2 Å². The Balaban J connectivity index is 2.52. The predicted molar refractivity (Wildman–Crippen MR) is 73.4 cm³/mol. The number of likely N-dealkylation sites (tertiary alicyclic amines) is 1. The molecule has 1 fully saturated rings. The quantitative estimate of drug-likeness (QED) is 0.773. The van der Waals surface area contributed by atoms with Crippen LogP contribution in [0.15, 0.2) is 0 Å². The molecule has 0 spiro atoms. The van der Waals surface area contributed by atoms with Crippen molar-refractivity contribution < 1.29 is 4.74 Å². The van der Waals surface area contributed by atoms with Gasteiger partial charge >= 0.3 is 0 Å². The lowest BCUT2D eigenvalue weighted by molar-refractivity contribution is 0.0656. The Bertz CT molecular complexity index is 197. The van der Waals surface area contributed by atoms with Gasteiger partial charge in [0.2, 0.25) is 0 Å². The first-order valence-corrected chi connectivity index (χ1v) is 7.13. The largest absolute Gasteiger partial charge is 0.383 e. The molecule has 1 rings (SSSR count). The normalized spacial score (nSPS) is 24.9. The second-order valence-electron chi connectivity index (χ2n) is 5.61. The summed E-state index contributed by atoms with van der Waals surface area (Å²) < 4.78 is 5.40. The molecule has 2 unspecified atom stereocenters. The zero-order chi connectivity index (χ0) is 12.7. The molecule has 0 bridgehead atoms. The van der Waals surface area contributed by atoms with Crippen molar-refractivity contribution >= 4 is 0 Å². The number of ether oxygens (including phenoxy) is 1. The highest BCUT2D eigenvalue weighted by molar-refractivity contribution is 4.81. The van der Waals surface area contributed by atoms with E-state index in [-0.39, 0.29) is 0 Å². The van der Waals surface area contributed by atoms with Crippen molar-refractivity contribution in [2.45, 2.75) is 64.6 Å². The average Bonchev–Trinajstić information content (AvgIpc) is 2.49. The smallest absolute Gasteiger partial charge is 0.0630 e. The number of nitrogens with zero attached hydrogens (tertiary/aromatic N) is 1. The second-order valence-corrected chi connectivity index (χ2v) is 5.61. The molecule has 2 atom stereocenters. The summed E-state index contributed by atoms with van der Waals surface area (Å²) in [5, 5.41) is 3.55. The Morgan fingerprint density at radius 2 is 2.06 bits per heavy atom. The first kappa shape index (κ1) is 14.9. The van der Waals surface area contributed by atoms with Gasteiger partial charge in [-0.3, -0.25) is 4.90 Å². The lowest BCUT2D eigenvalue weighted by atomic mass is 10.1. The van der Waals surface area contributed by atoms with E-state index >= 15 is 0 Å². The highest BCUT2D eigenvalue weighted by atomic mass is 16.5. The maximum absolute atomic E-state index is 5.40. The van der Waals surface area contributed by atoms with E-state index in [1.54, 1.807) is 0 Å². The van der Waals surface area contributed by atoms with Crippen LogP contribution in [0.3, 0.4) is 0 Å². The van der Waals surface area contributed by atoms with Gasteiger partial charge in [-0.05, 0) is 26.3 Å². The molecular weight excluding hydrogens is 212 g/mol. The Morgan fingerprint density at radius 3 is 2.71 bits per heavy atom. The number of hydrogen-bond acceptors (Lipinski definition) is 3. The maximum atomic E-state index is 5.40. The van der Waals surface area contributed by atoms with Gasteiger partial charge in [0.1, 0.15) is 0 Å². The van der Waals surface area contributed by atoms with E-state index in [0.717, 1.165) is 13.2 Å². The van der Waals surface area contributed by atoms with E-state index in [4.69, 9.17) is 4.74 Å². The summed E-state index contributed by atoms with van der Waals surface area (Å²) in [6.07, 6.45) is 5.45. The van der Waals surface area contributed by atoms with Crippen molar-refractivity contribution in [1.29, 1.82) is 0 Å². The van der Waals surface area contributed by atoms with Crippen LogP contribution < -0.4 is 5.32 Å². The molecule has 0 aliphatic carbocycles. The van der Waals surface area contributed by atoms with Gasteiger partial charge < -0.3 is 10.1 Å². The minimum Gasteiger partial charge on any atom is -0.383 e. The van der Waals surface area contributed by atoms with Gasteiger partial charge in [-0.1, -0.05) is 26.7 Å². The van der Waals surface area contributed by atoms with Crippen molar-refractivity contribution in [3.63, 3.8) is 0 Å². The fraction of sp³-hybridized carbons (Fsp3) is 1.00. The minimum absolute atomic E-state index is 0.524.